The van der Waals surface area contributed by atoms with E-state index >= 15 is 0 Å². The maximum Gasteiger partial charge on any atom is 0.0725 e. The van der Waals surface area contributed by atoms with Crippen LogP contribution < -0.4 is 9.80 Å². The van der Waals surface area contributed by atoms with Gasteiger partial charge in [0.25, 0.3) is 0 Å². The highest BCUT2D eigenvalue weighted by Gasteiger charge is 2.53. The zero-order valence-electron chi connectivity index (χ0n) is 48.3. The Hall–Kier alpha value is -10.5. The second kappa shape index (κ2) is 19.0. The fourth-order valence-electron chi connectivity index (χ4n) is 15.7. The highest BCUT2D eigenvalue weighted by atomic mass is 15.2. The summed E-state index contributed by atoms with van der Waals surface area (Å²) in [7, 11) is 0. The number of nitrogens with zero attached hydrogens (tertiary/aromatic N) is 2. The first kappa shape index (κ1) is 50.0. The number of anilines is 6. The minimum Gasteiger partial charge on any atom is -0.310 e. The Balaban J connectivity index is 0.927. The molecule has 0 bridgehead atoms. The molecule has 86 heavy (non-hydrogen) atoms. The van der Waals surface area contributed by atoms with E-state index in [9.17, 15) is 0 Å². The van der Waals surface area contributed by atoms with E-state index in [1.165, 1.54) is 94.6 Å². The smallest absolute Gasteiger partial charge is 0.0725 e. The average Bonchev–Trinajstić information content (AvgIpc) is 1.54. The molecular weight excluding hydrogens is 1040 g/mol. The standard InChI is InChI=1S/C84H60N2/c1-82(2,3)57-50-60(85(80-44-24-16-30-62(80)55-26-6-4-7-27-55)58-46-48-78-70(53-58)68-36-14-22-42-76(68)83(78)72-38-18-10-32-64(72)65-33-11-19-39-73(65)83)52-61(51-57)86(81-45-25-17-31-63(81)56-28-8-5-9-29-56)59-47-49-79-71(54-59)69-37-15-23-43-77(69)84(79)74-40-20-12-34-66(74)67-35-13-21-41-75(67)84/h4-54H,1-3H3. The van der Waals surface area contributed by atoms with Crippen LogP contribution in [0.1, 0.15) is 70.8 Å². The van der Waals surface area contributed by atoms with E-state index < -0.39 is 10.8 Å². The van der Waals surface area contributed by atoms with Crippen molar-refractivity contribution in [1.29, 1.82) is 0 Å². The number of benzene rings is 13. The van der Waals surface area contributed by atoms with Crippen LogP contribution in [0.5, 0.6) is 0 Å². The van der Waals surface area contributed by atoms with Crippen LogP contribution in [-0.4, -0.2) is 0 Å². The maximum absolute atomic E-state index is 2.55. The van der Waals surface area contributed by atoms with Crippen molar-refractivity contribution in [3.8, 4) is 66.8 Å². The summed E-state index contributed by atoms with van der Waals surface area (Å²) in [5.74, 6) is 0. The first-order valence-electron chi connectivity index (χ1n) is 30.2. The SMILES string of the molecule is CC(C)(C)c1cc(N(c2ccc3c(c2)-c2ccccc2C32c3ccccc3-c3ccccc32)c2ccccc2-c2ccccc2)cc(N(c2ccc3c(c2)-c2ccccc2C32c3ccccc3-c3ccccc32)c2ccccc2-c2ccccc2)c1. The van der Waals surface area contributed by atoms with Gasteiger partial charge in [-0.05, 0) is 166 Å². The molecule has 0 N–H and O–H groups in total. The van der Waals surface area contributed by atoms with Gasteiger partial charge < -0.3 is 9.80 Å². The fourth-order valence-corrected chi connectivity index (χ4v) is 15.7. The van der Waals surface area contributed by atoms with Gasteiger partial charge in [0.15, 0.2) is 0 Å². The third kappa shape index (κ3) is 7.08. The molecule has 2 spiro atoms. The predicted octanol–water partition coefficient (Wildman–Crippen LogP) is 21.9. The lowest BCUT2D eigenvalue weighted by molar-refractivity contribution is 0.590. The minimum absolute atomic E-state index is 0.251. The number of rotatable bonds is 8. The summed E-state index contributed by atoms with van der Waals surface area (Å²) in [6, 6.07) is 117. The fraction of sp³-hybridized carbons (Fsp3) is 0.0714. The maximum atomic E-state index is 2.55. The molecule has 0 saturated heterocycles. The topological polar surface area (TPSA) is 6.48 Å². The second-order valence-electron chi connectivity index (χ2n) is 24.7. The summed E-state index contributed by atoms with van der Waals surface area (Å²) >= 11 is 0. The van der Waals surface area contributed by atoms with Gasteiger partial charge in [0.05, 0.1) is 22.2 Å². The monoisotopic (exact) mass is 1100 g/mol. The highest BCUT2D eigenvalue weighted by molar-refractivity contribution is 6.01. The Morgan fingerprint density at radius 3 is 0.814 bits per heavy atom. The van der Waals surface area contributed by atoms with Crippen LogP contribution in [0.15, 0.2) is 309 Å². The lowest BCUT2D eigenvalue weighted by Crippen LogP contribution is -2.26. The predicted molar refractivity (Wildman–Crippen MR) is 358 cm³/mol. The Labute approximate surface area is 504 Å². The quantitative estimate of drug-likeness (QED) is 0.150. The van der Waals surface area contributed by atoms with Gasteiger partial charge in [-0.3, -0.25) is 0 Å². The molecule has 0 heterocycles. The van der Waals surface area contributed by atoms with Crippen molar-refractivity contribution in [3.63, 3.8) is 0 Å². The Morgan fingerprint density at radius 2 is 0.488 bits per heavy atom. The molecule has 2 nitrogen and oxygen atoms in total. The summed E-state index contributed by atoms with van der Waals surface area (Å²) < 4.78 is 0. The van der Waals surface area contributed by atoms with E-state index in [4.69, 9.17) is 0 Å². The van der Waals surface area contributed by atoms with E-state index in [-0.39, 0.29) is 5.41 Å². The molecule has 0 fully saturated rings. The average molecular weight is 1100 g/mol. The molecule has 13 aromatic rings. The van der Waals surface area contributed by atoms with E-state index in [0.717, 1.165) is 56.4 Å². The van der Waals surface area contributed by atoms with Crippen molar-refractivity contribution in [2.75, 3.05) is 9.80 Å². The summed E-state index contributed by atoms with van der Waals surface area (Å²) in [5, 5.41) is 0. The molecule has 13 aromatic carbocycles. The minimum atomic E-state index is -0.461. The molecular formula is C84H60N2. The normalized spacial score (nSPS) is 13.7. The van der Waals surface area contributed by atoms with E-state index in [2.05, 4.69) is 340 Å². The third-order valence-electron chi connectivity index (χ3n) is 19.2. The van der Waals surface area contributed by atoms with E-state index in [1.54, 1.807) is 0 Å². The Kier molecular flexibility index (Phi) is 11.0. The number of hydrogen-bond acceptors (Lipinski definition) is 2. The zero-order chi connectivity index (χ0) is 57.3. The van der Waals surface area contributed by atoms with Gasteiger partial charge in [0.2, 0.25) is 0 Å². The molecule has 17 rings (SSSR count). The zero-order valence-corrected chi connectivity index (χ0v) is 48.3. The molecule has 0 radical (unpaired) electrons. The summed E-state index contributed by atoms with van der Waals surface area (Å²) in [6.45, 7) is 7.06. The van der Waals surface area contributed by atoms with Crippen LogP contribution in [0.2, 0.25) is 0 Å². The van der Waals surface area contributed by atoms with Crippen molar-refractivity contribution in [3.05, 3.63) is 359 Å². The first-order valence-corrected chi connectivity index (χ1v) is 30.2. The number of fused-ring (bicyclic) bond motifs is 20. The largest absolute Gasteiger partial charge is 0.310 e. The van der Waals surface area contributed by atoms with Gasteiger partial charge in [-0.1, -0.05) is 276 Å². The second-order valence-corrected chi connectivity index (χ2v) is 24.7. The molecule has 0 amide bonds. The van der Waals surface area contributed by atoms with Crippen LogP contribution in [0.3, 0.4) is 0 Å². The van der Waals surface area contributed by atoms with Crippen molar-refractivity contribution in [2.24, 2.45) is 0 Å². The molecule has 4 aliphatic carbocycles. The summed E-state index contributed by atoms with van der Waals surface area (Å²) in [4.78, 5) is 5.09. The molecule has 0 unspecified atom stereocenters. The van der Waals surface area contributed by atoms with Gasteiger partial charge in [-0.2, -0.15) is 0 Å². The molecule has 2 heteroatoms. The van der Waals surface area contributed by atoms with Crippen LogP contribution in [0.4, 0.5) is 34.1 Å². The van der Waals surface area contributed by atoms with Crippen LogP contribution >= 0.6 is 0 Å². The van der Waals surface area contributed by atoms with Crippen LogP contribution in [0, 0.1) is 0 Å². The van der Waals surface area contributed by atoms with Gasteiger partial charge >= 0.3 is 0 Å². The number of hydrogen-bond donors (Lipinski definition) is 0. The van der Waals surface area contributed by atoms with Gasteiger partial charge in [0.1, 0.15) is 0 Å². The van der Waals surface area contributed by atoms with Crippen molar-refractivity contribution in [2.45, 2.75) is 37.0 Å². The van der Waals surface area contributed by atoms with E-state index in [0.29, 0.717) is 0 Å². The first-order chi connectivity index (χ1) is 42.3. The lowest BCUT2D eigenvalue weighted by Gasteiger charge is -2.34. The van der Waals surface area contributed by atoms with Crippen molar-refractivity contribution >= 4 is 34.1 Å². The highest BCUT2D eigenvalue weighted by Crippen LogP contribution is 2.65. The Bertz CT molecular complexity index is 4500. The van der Waals surface area contributed by atoms with Crippen LogP contribution in [-0.2, 0) is 16.2 Å². The van der Waals surface area contributed by atoms with Crippen molar-refractivity contribution in [1.82, 2.24) is 0 Å². The summed E-state index contributed by atoms with van der Waals surface area (Å²) in [6.07, 6.45) is 0. The lowest BCUT2D eigenvalue weighted by atomic mass is 9.70. The number of para-hydroxylation sites is 2. The van der Waals surface area contributed by atoms with Gasteiger partial charge in [-0.25, -0.2) is 0 Å². The van der Waals surface area contributed by atoms with Gasteiger partial charge in [0, 0.05) is 33.9 Å². The molecule has 406 valence electrons. The van der Waals surface area contributed by atoms with Crippen LogP contribution in [0.25, 0.3) is 66.8 Å². The molecule has 4 aliphatic rings. The van der Waals surface area contributed by atoms with E-state index in [1.807, 2.05) is 0 Å². The molecule has 0 saturated carbocycles. The molecule has 0 aliphatic heterocycles. The summed E-state index contributed by atoms with van der Waals surface area (Å²) in [5.41, 5.74) is 32.1. The van der Waals surface area contributed by atoms with Gasteiger partial charge in [-0.15, -0.1) is 0 Å². The molecule has 0 aromatic heterocycles. The van der Waals surface area contributed by atoms with Crippen molar-refractivity contribution < 1.29 is 0 Å². The third-order valence-corrected chi connectivity index (χ3v) is 19.2. The Morgan fingerprint density at radius 1 is 0.221 bits per heavy atom. The molecule has 0 atom stereocenters.